The van der Waals surface area contributed by atoms with Crippen molar-refractivity contribution in [3.63, 3.8) is 0 Å². The predicted octanol–water partition coefficient (Wildman–Crippen LogP) is 2.53. The van der Waals surface area contributed by atoms with Crippen LogP contribution in [-0.2, 0) is 0 Å². The molecule has 0 radical (unpaired) electrons. The molecule has 1 aliphatic rings. The van der Waals surface area contributed by atoms with Gasteiger partial charge in [0.05, 0.1) is 0 Å². The molecule has 1 aliphatic carbocycles. The molecule has 0 bridgehead atoms. The molecular weight excluding hydrogens is 204 g/mol. The summed E-state index contributed by atoms with van der Waals surface area (Å²) >= 11 is 1.86. The molecule has 1 saturated carbocycles. The topological polar surface area (TPSA) is 38.0 Å². The summed E-state index contributed by atoms with van der Waals surface area (Å²) in [5.41, 5.74) is 5.94. The Labute approximate surface area is 95.9 Å². The van der Waals surface area contributed by atoms with E-state index in [2.05, 4.69) is 29.9 Å². The van der Waals surface area contributed by atoms with Crippen LogP contribution in [0, 0.1) is 5.92 Å². The highest BCUT2D eigenvalue weighted by atomic mass is 32.1. The van der Waals surface area contributed by atoms with Crippen LogP contribution >= 0.6 is 11.3 Å². The predicted molar refractivity (Wildman–Crippen MR) is 66.1 cm³/mol. The summed E-state index contributed by atoms with van der Waals surface area (Å²) in [6.45, 7) is 0. The summed E-state index contributed by atoms with van der Waals surface area (Å²) in [7, 11) is 2.07. The number of nitrogens with two attached hydrogens (primary N) is 1. The van der Waals surface area contributed by atoms with Gasteiger partial charge in [0.15, 0.2) is 0 Å². The molecule has 0 amide bonds. The van der Waals surface area contributed by atoms with Crippen LogP contribution in [0.25, 0.3) is 0 Å². The van der Waals surface area contributed by atoms with Crippen LogP contribution in [0.4, 0.5) is 0 Å². The monoisotopic (exact) mass is 224 g/mol. The van der Waals surface area contributed by atoms with Crippen molar-refractivity contribution in [2.24, 2.45) is 11.7 Å². The van der Waals surface area contributed by atoms with Crippen LogP contribution in [0.5, 0.6) is 0 Å². The van der Waals surface area contributed by atoms with Crippen molar-refractivity contribution in [3.8, 4) is 0 Å². The minimum Gasteiger partial charge on any atom is -0.328 e. The van der Waals surface area contributed by atoms with Crippen molar-refractivity contribution in [2.75, 3.05) is 7.05 Å². The molecule has 1 aromatic rings. The summed E-state index contributed by atoms with van der Waals surface area (Å²) in [5.74, 6) is 0.772. The summed E-state index contributed by atoms with van der Waals surface area (Å²) in [6.07, 6.45) is 4.91. The lowest BCUT2D eigenvalue weighted by Crippen LogP contribution is -2.32. The summed E-state index contributed by atoms with van der Waals surface area (Å²) in [6, 6.07) is 5.36. The van der Waals surface area contributed by atoms with E-state index in [1.165, 1.54) is 30.6 Å². The molecule has 1 fully saturated rings. The van der Waals surface area contributed by atoms with Gasteiger partial charge in [0.25, 0.3) is 0 Å². The van der Waals surface area contributed by atoms with Gasteiger partial charge in [-0.25, -0.2) is 0 Å². The Morgan fingerprint density at radius 1 is 1.40 bits per heavy atom. The van der Waals surface area contributed by atoms with Gasteiger partial charge >= 0.3 is 0 Å². The highest BCUT2D eigenvalue weighted by Crippen LogP contribution is 2.35. The number of hydrogen-bond donors (Lipinski definition) is 2. The molecule has 2 nitrogen and oxygen atoms in total. The van der Waals surface area contributed by atoms with Crippen LogP contribution in [0.3, 0.4) is 0 Å². The minimum absolute atomic E-state index is 0.446. The Hall–Kier alpha value is -0.380. The first-order valence-corrected chi connectivity index (χ1v) is 6.65. The van der Waals surface area contributed by atoms with Crippen molar-refractivity contribution >= 4 is 11.3 Å². The van der Waals surface area contributed by atoms with E-state index >= 15 is 0 Å². The molecule has 0 aliphatic heterocycles. The van der Waals surface area contributed by atoms with E-state index in [1.54, 1.807) is 0 Å². The second kappa shape index (κ2) is 5.10. The van der Waals surface area contributed by atoms with Crippen molar-refractivity contribution in [1.29, 1.82) is 0 Å². The van der Waals surface area contributed by atoms with Gasteiger partial charge in [-0.05, 0) is 50.1 Å². The Kier molecular flexibility index (Phi) is 3.78. The van der Waals surface area contributed by atoms with Crippen molar-refractivity contribution in [2.45, 2.75) is 37.8 Å². The van der Waals surface area contributed by atoms with E-state index in [-0.39, 0.29) is 0 Å². The molecule has 0 aromatic carbocycles. The zero-order valence-electron chi connectivity index (χ0n) is 9.28. The second-order valence-electron chi connectivity index (χ2n) is 4.46. The Morgan fingerprint density at radius 2 is 2.13 bits per heavy atom. The molecule has 1 atom stereocenters. The van der Waals surface area contributed by atoms with Gasteiger partial charge in [0.1, 0.15) is 0 Å². The van der Waals surface area contributed by atoms with Crippen LogP contribution < -0.4 is 11.1 Å². The lowest BCUT2D eigenvalue weighted by atomic mass is 9.81. The molecule has 1 aromatic heterocycles. The summed E-state index contributed by atoms with van der Waals surface area (Å²) in [4.78, 5) is 1.47. The lowest BCUT2D eigenvalue weighted by Gasteiger charge is -2.32. The minimum atomic E-state index is 0.446. The number of thiophene rings is 1. The Bertz CT molecular complexity index is 276. The highest BCUT2D eigenvalue weighted by Gasteiger charge is 2.26. The maximum Gasteiger partial charge on any atom is 0.0441 e. The molecule has 0 saturated heterocycles. The molecule has 1 heterocycles. The fraction of sp³-hybridized carbons (Fsp3) is 0.667. The maximum absolute atomic E-state index is 5.94. The second-order valence-corrected chi connectivity index (χ2v) is 5.44. The first-order chi connectivity index (χ1) is 7.31. The van der Waals surface area contributed by atoms with Crippen LogP contribution in [0.2, 0.25) is 0 Å². The molecule has 84 valence electrons. The smallest absolute Gasteiger partial charge is 0.0441 e. The zero-order chi connectivity index (χ0) is 10.7. The largest absolute Gasteiger partial charge is 0.328 e. The van der Waals surface area contributed by atoms with E-state index in [4.69, 9.17) is 5.73 Å². The van der Waals surface area contributed by atoms with E-state index in [9.17, 15) is 0 Å². The van der Waals surface area contributed by atoms with Gasteiger partial charge in [0.2, 0.25) is 0 Å². The van der Waals surface area contributed by atoms with Gasteiger partial charge in [-0.1, -0.05) is 6.07 Å². The Morgan fingerprint density at radius 3 is 2.67 bits per heavy atom. The van der Waals surface area contributed by atoms with Crippen molar-refractivity contribution < 1.29 is 0 Å². The molecule has 3 heteroatoms. The molecule has 15 heavy (non-hydrogen) atoms. The first kappa shape index (κ1) is 11.1. The average molecular weight is 224 g/mol. The molecule has 1 unspecified atom stereocenters. The van der Waals surface area contributed by atoms with Crippen LogP contribution in [0.15, 0.2) is 17.5 Å². The average Bonchev–Trinajstić information content (AvgIpc) is 2.75. The quantitative estimate of drug-likeness (QED) is 0.828. The SMILES string of the molecule is CNC(c1cccs1)C1CCC(N)CC1. The zero-order valence-corrected chi connectivity index (χ0v) is 10.1. The van der Waals surface area contributed by atoms with Gasteiger partial charge in [-0.2, -0.15) is 0 Å². The van der Waals surface area contributed by atoms with Gasteiger partial charge in [0, 0.05) is 17.0 Å². The van der Waals surface area contributed by atoms with E-state index < -0.39 is 0 Å². The standard InChI is InChI=1S/C12H20N2S/c1-14-12(11-3-2-8-15-11)9-4-6-10(13)7-5-9/h2-3,8-10,12,14H,4-7,13H2,1H3. The number of nitrogens with one attached hydrogen (secondary N) is 1. The third-order valence-electron chi connectivity index (χ3n) is 3.45. The van der Waals surface area contributed by atoms with Crippen molar-refractivity contribution in [1.82, 2.24) is 5.32 Å². The highest BCUT2D eigenvalue weighted by molar-refractivity contribution is 7.10. The van der Waals surface area contributed by atoms with Gasteiger partial charge < -0.3 is 11.1 Å². The number of hydrogen-bond acceptors (Lipinski definition) is 3. The van der Waals surface area contributed by atoms with Crippen LogP contribution in [0.1, 0.15) is 36.6 Å². The normalized spacial score (nSPS) is 28.9. The first-order valence-electron chi connectivity index (χ1n) is 5.77. The fourth-order valence-electron chi connectivity index (χ4n) is 2.56. The molecule has 3 N–H and O–H groups in total. The van der Waals surface area contributed by atoms with Gasteiger partial charge in [-0.15, -0.1) is 11.3 Å². The van der Waals surface area contributed by atoms with E-state index in [0.29, 0.717) is 12.1 Å². The summed E-state index contributed by atoms with van der Waals surface area (Å²) in [5, 5.41) is 5.62. The third kappa shape index (κ3) is 2.60. The van der Waals surface area contributed by atoms with Gasteiger partial charge in [-0.3, -0.25) is 0 Å². The number of rotatable bonds is 3. The van der Waals surface area contributed by atoms with E-state index in [1.807, 2.05) is 11.3 Å². The molecule has 0 spiro atoms. The molecular formula is C12H20N2S. The third-order valence-corrected chi connectivity index (χ3v) is 4.40. The van der Waals surface area contributed by atoms with E-state index in [0.717, 1.165) is 5.92 Å². The fourth-order valence-corrected chi connectivity index (χ4v) is 3.49. The maximum atomic E-state index is 5.94. The summed E-state index contributed by atoms with van der Waals surface area (Å²) < 4.78 is 0. The van der Waals surface area contributed by atoms with Crippen molar-refractivity contribution in [3.05, 3.63) is 22.4 Å². The lowest BCUT2D eigenvalue weighted by molar-refractivity contribution is 0.265. The molecule has 2 rings (SSSR count). The van der Waals surface area contributed by atoms with Crippen LogP contribution in [-0.4, -0.2) is 13.1 Å². The Balaban J connectivity index is 2.01.